The maximum Gasteiger partial charge on any atom is 0.128 e. The molecule has 2 nitrogen and oxygen atoms in total. The van der Waals surface area contributed by atoms with Crippen LogP contribution in [-0.4, -0.2) is 9.78 Å². The van der Waals surface area contributed by atoms with Gasteiger partial charge < -0.3 is 0 Å². The van der Waals surface area contributed by atoms with Crippen LogP contribution in [0.5, 0.6) is 0 Å². The van der Waals surface area contributed by atoms with Crippen LogP contribution in [0.1, 0.15) is 5.56 Å². The smallest absolute Gasteiger partial charge is 0.128 e. The van der Waals surface area contributed by atoms with Crippen molar-refractivity contribution in [3.05, 3.63) is 41.8 Å². The zero-order chi connectivity index (χ0) is 10.8. The number of nitrogens with zero attached hydrogens (tertiary/aromatic N) is 2. The summed E-state index contributed by atoms with van der Waals surface area (Å²) in [6.07, 6.45) is 1.82. The van der Waals surface area contributed by atoms with Crippen LogP contribution < -0.4 is 0 Å². The fourth-order valence-corrected chi connectivity index (χ4v) is 1.60. The van der Waals surface area contributed by atoms with E-state index >= 15 is 0 Å². The molecule has 1 aromatic carbocycles. The lowest BCUT2D eigenvalue weighted by Gasteiger charge is -2.01. The first-order valence-electron chi connectivity index (χ1n) is 4.55. The minimum absolute atomic E-state index is 0.189. The van der Waals surface area contributed by atoms with Gasteiger partial charge in [0.25, 0.3) is 0 Å². The molecule has 1 heterocycles. The highest BCUT2D eigenvalue weighted by molar-refractivity contribution is 6.17. The van der Waals surface area contributed by atoms with Gasteiger partial charge in [-0.25, -0.2) is 4.39 Å². The summed E-state index contributed by atoms with van der Waals surface area (Å²) in [6, 6.07) is 6.81. The molecule has 78 valence electrons. The molecule has 0 saturated carbocycles. The SMILES string of the molecule is Cn1ccc(-c2ccc(CCl)c(F)c2)n1. The van der Waals surface area contributed by atoms with E-state index in [9.17, 15) is 4.39 Å². The largest absolute Gasteiger partial charge is 0.275 e. The summed E-state index contributed by atoms with van der Waals surface area (Å²) in [6.45, 7) is 0. The zero-order valence-corrected chi connectivity index (χ0v) is 9.00. The Morgan fingerprint density at radius 3 is 2.73 bits per heavy atom. The summed E-state index contributed by atoms with van der Waals surface area (Å²) < 4.78 is 15.1. The van der Waals surface area contributed by atoms with Crippen LogP contribution in [-0.2, 0) is 12.9 Å². The molecule has 2 aromatic rings. The summed E-state index contributed by atoms with van der Waals surface area (Å²) in [7, 11) is 1.83. The standard InChI is InChI=1S/C11H10ClFN2/c1-15-5-4-11(14-15)8-2-3-9(7-12)10(13)6-8/h2-6H,7H2,1H3. The molecule has 0 aliphatic heterocycles. The Hall–Kier alpha value is -1.35. The molecule has 15 heavy (non-hydrogen) atoms. The molecule has 0 aliphatic carbocycles. The number of aryl methyl sites for hydroxylation is 1. The van der Waals surface area contributed by atoms with Crippen molar-refractivity contribution in [3.63, 3.8) is 0 Å². The minimum atomic E-state index is -0.284. The number of hydrogen-bond acceptors (Lipinski definition) is 1. The van der Waals surface area contributed by atoms with E-state index in [0.29, 0.717) is 5.56 Å². The summed E-state index contributed by atoms with van der Waals surface area (Å²) in [5, 5.41) is 4.19. The zero-order valence-electron chi connectivity index (χ0n) is 8.24. The molecule has 0 fully saturated rings. The molecule has 0 bridgehead atoms. The fraction of sp³-hybridized carbons (Fsp3) is 0.182. The molecule has 0 unspecified atom stereocenters. The molecule has 0 N–H and O–H groups in total. The van der Waals surface area contributed by atoms with Gasteiger partial charge in [-0.05, 0) is 12.1 Å². The van der Waals surface area contributed by atoms with Gasteiger partial charge in [-0.15, -0.1) is 11.6 Å². The Labute approximate surface area is 92.3 Å². The van der Waals surface area contributed by atoms with Gasteiger partial charge in [0.1, 0.15) is 5.82 Å². The molecular weight excluding hydrogens is 215 g/mol. The quantitative estimate of drug-likeness (QED) is 0.718. The molecule has 0 saturated heterocycles. The predicted molar refractivity (Wildman–Crippen MR) is 58.2 cm³/mol. The maximum absolute atomic E-state index is 13.4. The van der Waals surface area contributed by atoms with Crippen LogP contribution in [0, 0.1) is 5.82 Å². The van der Waals surface area contributed by atoms with Gasteiger partial charge >= 0.3 is 0 Å². The van der Waals surface area contributed by atoms with Crippen molar-refractivity contribution in [1.82, 2.24) is 9.78 Å². The molecule has 0 atom stereocenters. The summed E-state index contributed by atoms with van der Waals surface area (Å²) >= 11 is 5.57. The van der Waals surface area contributed by atoms with Crippen molar-refractivity contribution < 1.29 is 4.39 Å². The molecule has 2 rings (SSSR count). The van der Waals surface area contributed by atoms with Crippen LogP contribution in [0.15, 0.2) is 30.5 Å². The van der Waals surface area contributed by atoms with Crippen LogP contribution in [0.3, 0.4) is 0 Å². The van der Waals surface area contributed by atoms with Crippen LogP contribution >= 0.6 is 11.6 Å². The van der Waals surface area contributed by atoms with Gasteiger partial charge in [-0.2, -0.15) is 5.10 Å². The lowest BCUT2D eigenvalue weighted by molar-refractivity contribution is 0.617. The van der Waals surface area contributed by atoms with E-state index < -0.39 is 0 Å². The number of halogens is 2. The van der Waals surface area contributed by atoms with E-state index in [1.54, 1.807) is 10.7 Å². The lowest BCUT2D eigenvalue weighted by atomic mass is 10.1. The van der Waals surface area contributed by atoms with Crippen molar-refractivity contribution in [2.24, 2.45) is 7.05 Å². The second-order valence-corrected chi connectivity index (χ2v) is 3.58. The second kappa shape index (κ2) is 4.03. The number of aromatic nitrogens is 2. The third kappa shape index (κ3) is 2.02. The van der Waals surface area contributed by atoms with Gasteiger partial charge in [-0.3, -0.25) is 4.68 Å². The number of hydrogen-bond donors (Lipinski definition) is 0. The van der Waals surface area contributed by atoms with Crippen molar-refractivity contribution >= 4 is 11.6 Å². The van der Waals surface area contributed by atoms with E-state index in [4.69, 9.17) is 11.6 Å². The van der Waals surface area contributed by atoms with E-state index in [1.807, 2.05) is 25.4 Å². The predicted octanol–water partition coefficient (Wildman–Crippen LogP) is 2.97. The summed E-state index contributed by atoms with van der Waals surface area (Å²) in [5.74, 6) is -0.0953. The highest BCUT2D eigenvalue weighted by Crippen LogP contribution is 2.20. The van der Waals surface area contributed by atoms with Crippen molar-refractivity contribution in [1.29, 1.82) is 0 Å². The lowest BCUT2D eigenvalue weighted by Crippen LogP contribution is -1.90. The molecule has 0 spiro atoms. The highest BCUT2D eigenvalue weighted by Gasteiger charge is 2.05. The second-order valence-electron chi connectivity index (χ2n) is 3.31. The monoisotopic (exact) mass is 224 g/mol. The van der Waals surface area contributed by atoms with Crippen LogP contribution in [0.2, 0.25) is 0 Å². The van der Waals surface area contributed by atoms with Gasteiger partial charge in [-0.1, -0.05) is 12.1 Å². The molecule has 1 aromatic heterocycles. The van der Waals surface area contributed by atoms with E-state index in [0.717, 1.165) is 11.3 Å². The third-order valence-electron chi connectivity index (χ3n) is 2.21. The Bertz CT molecular complexity index is 479. The topological polar surface area (TPSA) is 17.8 Å². The summed E-state index contributed by atoms with van der Waals surface area (Å²) in [5.41, 5.74) is 2.04. The number of alkyl halides is 1. The summed E-state index contributed by atoms with van der Waals surface area (Å²) in [4.78, 5) is 0. The first kappa shape index (κ1) is 10.2. The average Bonchev–Trinajstić information content (AvgIpc) is 2.65. The van der Waals surface area contributed by atoms with Gasteiger partial charge in [0.05, 0.1) is 11.6 Å². The molecule has 0 radical (unpaired) electrons. The third-order valence-corrected chi connectivity index (χ3v) is 2.49. The normalized spacial score (nSPS) is 10.6. The Balaban J connectivity index is 2.42. The maximum atomic E-state index is 13.4. The Morgan fingerprint density at radius 2 is 2.20 bits per heavy atom. The van der Waals surface area contributed by atoms with Crippen LogP contribution in [0.25, 0.3) is 11.3 Å². The number of benzene rings is 1. The Kier molecular flexibility index (Phi) is 2.73. The van der Waals surface area contributed by atoms with Crippen molar-refractivity contribution in [3.8, 4) is 11.3 Å². The first-order valence-corrected chi connectivity index (χ1v) is 5.08. The van der Waals surface area contributed by atoms with E-state index in [-0.39, 0.29) is 11.7 Å². The van der Waals surface area contributed by atoms with Crippen molar-refractivity contribution in [2.45, 2.75) is 5.88 Å². The average molecular weight is 225 g/mol. The molecule has 0 aliphatic rings. The van der Waals surface area contributed by atoms with E-state index in [1.165, 1.54) is 6.07 Å². The fourth-order valence-electron chi connectivity index (χ4n) is 1.38. The van der Waals surface area contributed by atoms with Crippen molar-refractivity contribution in [2.75, 3.05) is 0 Å². The molecular formula is C11H10ClFN2. The Morgan fingerprint density at radius 1 is 1.40 bits per heavy atom. The van der Waals surface area contributed by atoms with Gasteiger partial charge in [0.15, 0.2) is 0 Å². The minimum Gasteiger partial charge on any atom is -0.275 e. The van der Waals surface area contributed by atoms with Gasteiger partial charge in [0.2, 0.25) is 0 Å². The first-order chi connectivity index (χ1) is 7.20. The number of rotatable bonds is 2. The van der Waals surface area contributed by atoms with Gasteiger partial charge in [0, 0.05) is 24.4 Å². The molecule has 0 amide bonds. The van der Waals surface area contributed by atoms with E-state index in [2.05, 4.69) is 5.10 Å². The van der Waals surface area contributed by atoms with Crippen LogP contribution in [0.4, 0.5) is 4.39 Å². The highest BCUT2D eigenvalue weighted by atomic mass is 35.5. The molecule has 4 heteroatoms.